The standard InChI is InChI=1S/C14H23N5O2S/c1-9(2)11-16-14(22-17-11)19-7-5-18(6-8-19)13(21)12(20)15-10(3)4/h9-10H,5-8H2,1-4H3,(H,15,20). The number of rotatable bonds is 3. The summed E-state index contributed by atoms with van der Waals surface area (Å²) in [6.07, 6.45) is 0. The van der Waals surface area contributed by atoms with Crippen molar-refractivity contribution in [2.45, 2.75) is 39.7 Å². The van der Waals surface area contributed by atoms with E-state index in [1.54, 1.807) is 4.90 Å². The Bertz CT molecular complexity index is 535. The molecule has 22 heavy (non-hydrogen) atoms. The van der Waals surface area contributed by atoms with Crippen molar-refractivity contribution >= 4 is 28.5 Å². The molecule has 7 nitrogen and oxygen atoms in total. The van der Waals surface area contributed by atoms with E-state index >= 15 is 0 Å². The molecule has 1 aromatic rings. The predicted octanol–water partition coefficient (Wildman–Crippen LogP) is 0.835. The van der Waals surface area contributed by atoms with Crippen LogP contribution < -0.4 is 10.2 Å². The van der Waals surface area contributed by atoms with Crippen molar-refractivity contribution in [3.63, 3.8) is 0 Å². The molecule has 0 aliphatic carbocycles. The van der Waals surface area contributed by atoms with E-state index in [1.807, 2.05) is 13.8 Å². The zero-order valence-corrected chi connectivity index (χ0v) is 14.3. The Morgan fingerprint density at radius 3 is 2.27 bits per heavy atom. The first kappa shape index (κ1) is 16.7. The molecular weight excluding hydrogens is 302 g/mol. The molecule has 0 spiro atoms. The van der Waals surface area contributed by atoms with E-state index in [9.17, 15) is 9.59 Å². The van der Waals surface area contributed by atoms with E-state index in [2.05, 4.69) is 33.4 Å². The maximum atomic E-state index is 12.0. The van der Waals surface area contributed by atoms with Crippen molar-refractivity contribution < 1.29 is 9.59 Å². The van der Waals surface area contributed by atoms with E-state index in [0.717, 1.165) is 11.0 Å². The Morgan fingerprint density at radius 2 is 1.77 bits per heavy atom. The molecule has 122 valence electrons. The molecule has 1 N–H and O–H groups in total. The molecule has 1 saturated heterocycles. The molecule has 0 radical (unpaired) electrons. The summed E-state index contributed by atoms with van der Waals surface area (Å²) in [5.74, 6) is 0.192. The van der Waals surface area contributed by atoms with Crippen LogP contribution in [0, 0.1) is 0 Å². The van der Waals surface area contributed by atoms with Gasteiger partial charge in [0, 0.05) is 49.7 Å². The maximum absolute atomic E-state index is 12.0. The number of aromatic nitrogens is 2. The third-order valence-corrected chi connectivity index (χ3v) is 4.19. The summed E-state index contributed by atoms with van der Waals surface area (Å²) in [4.78, 5) is 32.0. The number of nitrogens with one attached hydrogen (secondary N) is 1. The second-order valence-electron chi connectivity index (χ2n) is 6.00. The van der Waals surface area contributed by atoms with Gasteiger partial charge in [0.2, 0.25) is 5.13 Å². The average Bonchev–Trinajstić information content (AvgIpc) is 2.96. The summed E-state index contributed by atoms with van der Waals surface area (Å²) >= 11 is 1.39. The van der Waals surface area contributed by atoms with Gasteiger partial charge in [-0.3, -0.25) is 9.59 Å². The first-order chi connectivity index (χ1) is 10.4. The van der Waals surface area contributed by atoms with Crippen LogP contribution in [0.1, 0.15) is 39.4 Å². The lowest BCUT2D eigenvalue weighted by Gasteiger charge is -2.34. The fourth-order valence-electron chi connectivity index (χ4n) is 2.16. The van der Waals surface area contributed by atoms with Gasteiger partial charge in [-0.25, -0.2) is 4.98 Å². The minimum Gasteiger partial charge on any atom is -0.346 e. The van der Waals surface area contributed by atoms with E-state index < -0.39 is 11.8 Å². The van der Waals surface area contributed by atoms with Gasteiger partial charge in [-0.05, 0) is 13.8 Å². The van der Waals surface area contributed by atoms with Gasteiger partial charge in [0.25, 0.3) is 0 Å². The molecule has 2 amide bonds. The van der Waals surface area contributed by atoms with Gasteiger partial charge in [-0.2, -0.15) is 4.37 Å². The molecular formula is C14H23N5O2S. The first-order valence-corrected chi connectivity index (χ1v) is 8.34. The quantitative estimate of drug-likeness (QED) is 0.833. The molecule has 1 aliphatic rings. The first-order valence-electron chi connectivity index (χ1n) is 7.56. The highest BCUT2D eigenvalue weighted by Gasteiger charge is 2.27. The molecule has 1 aliphatic heterocycles. The zero-order valence-electron chi connectivity index (χ0n) is 13.5. The van der Waals surface area contributed by atoms with Gasteiger partial charge < -0.3 is 15.1 Å². The van der Waals surface area contributed by atoms with Crippen LogP contribution in [0.4, 0.5) is 5.13 Å². The summed E-state index contributed by atoms with van der Waals surface area (Å²) in [5, 5.41) is 3.53. The molecule has 0 atom stereocenters. The molecule has 0 unspecified atom stereocenters. The number of carbonyl (C=O) groups excluding carboxylic acids is 2. The molecule has 0 aromatic carbocycles. The van der Waals surface area contributed by atoms with Gasteiger partial charge in [-0.15, -0.1) is 0 Å². The lowest BCUT2D eigenvalue weighted by atomic mass is 10.2. The molecule has 0 saturated carbocycles. The van der Waals surface area contributed by atoms with Crippen molar-refractivity contribution in [2.75, 3.05) is 31.1 Å². The van der Waals surface area contributed by atoms with E-state index in [1.165, 1.54) is 11.5 Å². The third kappa shape index (κ3) is 3.94. The second kappa shape index (κ2) is 7.04. The van der Waals surface area contributed by atoms with Crippen LogP contribution in [0.25, 0.3) is 0 Å². The van der Waals surface area contributed by atoms with Crippen LogP contribution in [0.15, 0.2) is 0 Å². The highest BCUT2D eigenvalue weighted by atomic mass is 32.1. The smallest absolute Gasteiger partial charge is 0.312 e. The average molecular weight is 325 g/mol. The molecule has 1 fully saturated rings. The Labute approximate surface area is 134 Å². The van der Waals surface area contributed by atoms with E-state index in [0.29, 0.717) is 32.1 Å². The number of hydrogen-bond donors (Lipinski definition) is 1. The Balaban J connectivity index is 1.89. The van der Waals surface area contributed by atoms with Crippen LogP contribution in [0.3, 0.4) is 0 Å². The normalized spacial score (nSPS) is 15.5. The Kier molecular flexibility index (Phi) is 5.33. The second-order valence-corrected chi connectivity index (χ2v) is 6.73. The summed E-state index contributed by atoms with van der Waals surface area (Å²) in [6, 6.07) is -0.0337. The van der Waals surface area contributed by atoms with Crippen LogP contribution in [0.5, 0.6) is 0 Å². The van der Waals surface area contributed by atoms with E-state index in [-0.39, 0.29) is 6.04 Å². The predicted molar refractivity (Wildman–Crippen MR) is 86.1 cm³/mol. The molecule has 8 heteroatoms. The van der Waals surface area contributed by atoms with Crippen molar-refractivity contribution in [3.8, 4) is 0 Å². The highest BCUT2D eigenvalue weighted by molar-refractivity contribution is 7.09. The van der Waals surface area contributed by atoms with Crippen molar-refractivity contribution in [1.29, 1.82) is 0 Å². The Morgan fingerprint density at radius 1 is 1.14 bits per heavy atom. The van der Waals surface area contributed by atoms with Gasteiger partial charge >= 0.3 is 11.8 Å². The van der Waals surface area contributed by atoms with Gasteiger partial charge in [0.15, 0.2) is 0 Å². The number of carbonyl (C=O) groups is 2. The van der Waals surface area contributed by atoms with Gasteiger partial charge in [0.05, 0.1) is 0 Å². The number of amides is 2. The largest absolute Gasteiger partial charge is 0.346 e. The SMILES string of the molecule is CC(C)NC(=O)C(=O)N1CCN(c2nc(C(C)C)ns2)CC1. The number of piperazine rings is 1. The topological polar surface area (TPSA) is 78.4 Å². The fraction of sp³-hybridized carbons (Fsp3) is 0.714. The van der Waals surface area contributed by atoms with Crippen LogP contribution >= 0.6 is 11.5 Å². The molecule has 2 rings (SSSR count). The summed E-state index contributed by atoms with van der Waals surface area (Å²) in [6.45, 7) is 10.2. The van der Waals surface area contributed by atoms with Crippen molar-refractivity contribution in [3.05, 3.63) is 5.82 Å². The van der Waals surface area contributed by atoms with Gasteiger partial charge in [-0.1, -0.05) is 13.8 Å². The molecule has 2 heterocycles. The van der Waals surface area contributed by atoms with Crippen LogP contribution in [-0.2, 0) is 9.59 Å². The lowest BCUT2D eigenvalue weighted by molar-refractivity contribution is -0.146. The molecule has 0 bridgehead atoms. The van der Waals surface area contributed by atoms with Crippen LogP contribution in [-0.4, -0.2) is 58.3 Å². The van der Waals surface area contributed by atoms with Gasteiger partial charge in [0.1, 0.15) is 5.82 Å². The minimum absolute atomic E-state index is 0.0337. The van der Waals surface area contributed by atoms with Crippen molar-refractivity contribution in [1.82, 2.24) is 19.6 Å². The lowest BCUT2D eigenvalue weighted by Crippen LogP contribution is -2.53. The fourth-order valence-corrected chi connectivity index (χ4v) is 3.02. The maximum Gasteiger partial charge on any atom is 0.312 e. The highest BCUT2D eigenvalue weighted by Crippen LogP contribution is 2.22. The number of nitrogens with zero attached hydrogens (tertiary/aromatic N) is 4. The van der Waals surface area contributed by atoms with Crippen LogP contribution in [0.2, 0.25) is 0 Å². The van der Waals surface area contributed by atoms with Crippen molar-refractivity contribution in [2.24, 2.45) is 0 Å². The summed E-state index contributed by atoms with van der Waals surface area (Å²) in [7, 11) is 0. The zero-order chi connectivity index (χ0) is 16.3. The Hall–Kier alpha value is -1.70. The summed E-state index contributed by atoms with van der Waals surface area (Å²) < 4.78 is 4.35. The van der Waals surface area contributed by atoms with E-state index in [4.69, 9.17) is 0 Å². The number of hydrogen-bond acceptors (Lipinski definition) is 6. The third-order valence-electron chi connectivity index (χ3n) is 3.40. The summed E-state index contributed by atoms with van der Waals surface area (Å²) in [5.41, 5.74) is 0. The number of anilines is 1. The monoisotopic (exact) mass is 325 g/mol. The molecule has 1 aromatic heterocycles. The minimum atomic E-state index is -0.526.